The first-order valence-corrected chi connectivity index (χ1v) is 4.57. The van der Waals surface area contributed by atoms with Crippen LogP contribution >= 0.6 is 0 Å². The predicted molar refractivity (Wildman–Crippen MR) is 50.6 cm³/mol. The number of carbonyl (C=O) groups is 1. The second-order valence-corrected chi connectivity index (χ2v) is 3.29. The summed E-state index contributed by atoms with van der Waals surface area (Å²) in [4.78, 5) is 11.2. The summed E-state index contributed by atoms with van der Waals surface area (Å²) < 4.78 is 15.1. The van der Waals surface area contributed by atoms with Gasteiger partial charge in [0.15, 0.2) is 6.29 Å². The van der Waals surface area contributed by atoms with E-state index in [0.717, 1.165) is 0 Å². The molecule has 2 atom stereocenters. The fraction of sp³-hybridized carbons (Fsp3) is 0.700. The highest BCUT2D eigenvalue weighted by Crippen LogP contribution is 2.27. The van der Waals surface area contributed by atoms with E-state index in [1.165, 1.54) is 0 Å². The standard InChI is InChI=1S/C10H16O4/c1-4-8-7(6-14-10(8)11)5-9(12-2)13-3/h4,7-9H,1,5-6H2,2-3H3/t7-,8+/m0/s1. The van der Waals surface area contributed by atoms with Crippen LogP contribution in [-0.2, 0) is 19.0 Å². The average molecular weight is 200 g/mol. The second kappa shape index (κ2) is 5.12. The Bertz CT molecular complexity index is 210. The zero-order chi connectivity index (χ0) is 10.6. The van der Waals surface area contributed by atoms with Crippen LogP contribution in [0.2, 0.25) is 0 Å². The molecule has 0 N–H and O–H groups in total. The zero-order valence-electron chi connectivity index (χ0n) is 8.56. The third-order valence-corrected chi connectivity index (χ3v) is 2.49. The summed E-state index contributed by atoms with van der Waals surface area (Å²) in [5, 5.41) is 0. The van der Waals surface area contributed by atoms with Gasteiger partial charge in [0.05, 0.1) is 12.5 Å². The smallest absolute Gasteiger partial charge is 0.313 e. The minimum Gasteiger partial charge on any atom is -0.465 e. The lowest BCUT2D eigenvalue weighted by atomic mass is 9.92. The van der Waals surface area contributed by atoms with Crippen molar-refractivity contribution in [1.82, 2.24) is 0 Å². The van der Waals surface area contributed by atoms with Crippen LogP contribution in [0.3, 0.4) is 0 Å². The summed E-state index contributed by atoms with van der Waals surface area (Å²) in [5.74, 6) is -0.302. The van der Waals surface area contributed by atoms with Crippen LogP contribution in [0.1, 0.15) is 6.42 Å². The van der Waals surface area contributed by atoms with Crippen molar-refractivity contribution >= 4 is 5.97 Å². The molecule has 0 aliphatic carbocycles. The summed E-state index contributed by atoms with van der Waals surface area (Å²) in [6.45, 7) is 4.05. The zero-order valence-corrected chi connectivity index (χ0v) is 8.56. The third-order valence-electron chi connectivity index (χ3n) is 2.49. The average Bonchev–Trinajstić information content (AvgIpc) is 2.55. The molecule has 1 aliphatic heterocycles. The van der Waals surface area contributed by atoms with Gasteiger partial charge in [-0.3, -0.25) is 4.79 Å². The lowest BCUT2D eigenvalue weighted by Crippen LogP contribution is -2.22. The van der Waals surface area contributed by atoms with Crippen molar-refractivity contribution < 1.29 is 19.0 Å². The highest BCUT2D eigenvalue weighted by atomic mass is 16.7. The van der Waals surface area contributed by atoms with E-state index >= 15 is 0 Å². The summed E-state index contributed by atoms with van der Waals surface area (Å²) in [6, 6.07) is 0. The topological polar surface area (TPSA) is 44.8 Å². The van der Waals surface area contributed by atoms with Gasteiger partial charge in [-0.1, -0.05) is 6.08 Å². The molecule has 4 nitrogen and oxygen atoms in total. The Morgan fingerprint density at radius 2 is 2.29 bits per heavy atom. The largest absolute Gasteiger partial charge is 0.465 e. The molecule has 0 aromatic heterocycles. The Hall–Kier alpha value is -0.870. The van der Waals surface area contributed by atoms with Gasteiger partial charge in [0.2, 0.25) is 0 Å². The Labute approximate surface area is 83.8 Å². The van der Waals surface area contributed by atoms with Gasteiger partial charge in [-0.25, -0.2) is 0 Å². The lowest BCUT2D eigenvalue weighted by Gasteiger charge is -2.18. The molecule has 14 heavy (non-hydrogen) atoms. The van der Waals surface area contributed by atoms with Crippen molar-refractivity contribution in [3.8, 4) is 0 Å². The van der Waals surface area contributed by atoms with Crippen LogP contribution in [-0.4, -0.2) is 33.1 Å². The molecule has 80 valence electrons. The fourth-order valence-corrected chi connectivity index (χ4v) is 1.62. The molecular weight excluding hydrogens is 184 g/mol. The van der Waals surface area contributed by atoms with E-state index < -0.39 is 0 Å². The van der Waals surface area contributed by atoms with E-state index in [-0.39, 0.29) is 24.1 Å². The monoisotopic (exact) mass is 200 g/mol. The van der Waals surface area contributed by atoms with Crippen molar-refractivity contribution in [2.24, 2.45) is 11.8 Å². The number of methoxy groups -OCH3 is 2. The molecule has 0 amide bonds. The predicted octanol–water partition coefficient (Wildman–Crippen LogP) is 0.971. The van der Waals surface area contributed by atoms with Gasteiger partial charge in [-0.15, -0.1) is 6.58 Å². The SMILES string of the molecule is C=C[C@H]1C(=O)OC[C@@H]1CC(OC)OC. The molecule has 0 radical (unpaired) electrons. The maximum atomic E-state index is 11.2. The summed E-state index contributed by atoms with van der Waals surface area (Å²) in [7, 11) is 3.16. The molecule has 0 saturated carbocycles. The van der Waals surface area contributed by atoms with Crippen molar-refractivity contribution in [2.45, 2.75) is 12.7 Å². The normalized spacial score (nSPS) is 26.6. The molecule has 0 aromatic carbocycles. The number of cyclic esters (lactones) is 1. The number of esters is 1. The molecule has 1 saturated heterocycles. The first kappa shape index (κ1) is 11.2. The first-order chi connectivity index (χ1) is 6.72. The number of hydrogen-bond donors (Lipinski definition) is 0. The van der Waals surface area contributed by atoms with Crippen LogP contribution in [0.4, 0.5) is 0 Å². The molecule has 0 unspecified atom stereocenters. The first-order valence-electron chi connectivity index (χ1n) is 4.57. The van der Waals surface area contributed by atoms with Gasteiger partial charge in [-0.05, 0) is 0 Å². The summed E-state index contributed by atoms with van der Waals surface area (Å²) in [5.41, 5.74) is 0. The molecule has 0 bridgehead atoms. The Kier molecular flexibility index (Phi) is 4.10. The Balaban J connectivity index is 2.51. The lowest BCUT2D eigenvalue weighted by molar-refractivity contribution is -0.140. The van der Waals surface area contributed by atoms with Gasteiger partial charge in [0.1, 0.15) is 0 Å². The third kappa shape index (κ3) is 2.33. The number of ether oxygens (including phenoxy) is 3. The van der Waals surface area contributed by atoms with Gasteiger partial charge in [0.25, 0.3) is 0 Å². The van der Waals surface area contributed by atoms with Crippen molar-refractivity contribution in [3.05, 3.63) is 12.7 Å². The van der Waals surface area contributed by atoms with E-state index in [4.69, 9.17) is 14.2 Å². The Morgan fingerprint density at radius 3 is 2.79 bits per heavy atom. The molecule has 1 rings (SSSR count). The molecule has 1 fully saturated rings. The van der Waals surface area contributed by atoms with Crippen LogP contribution in [0.15, 0.2) is 12.7 Å². The van der Waals surface area contributed by atoms with E-state index in [2.05, 4.69) is 6.58 Å². The van der Waals surface area contributed by atoms with E-state index in [1.54, 1.807) is 20.3 Å². The quantitative estimate of drug-likeness (QED) is 0.377. The van der Waals surface area contributed by atoms with Crippen molar-refractivity contribution in [2.75, 3.05) is 20.8 Å². The number of rotatable bonds is 5. The van der Waals surface area contributed by atoms with Crippen LogP contribution in [0.5, 0.6) is 0 Å². The van der Waals surface area contributed by atoms with E-state index in [9.17, 15) is 4.79 Å². The molecule has 0 spiro atoms. The maximum absolute atomic E-state index is 11.2. The van der Waals surface area contributed by atoms with Gasteiger partial charge < -0.3 is 14.2 Å². The molecule has 4 heteroatoms. The van der Waals surface area contributed by atoms with Crippen molar-refractivity contribution in [3.63, 3.8) is 0 Å². The summed E-state index contributed by atoms with van der Waals surface area (Å²) >= 11 is 0. The number of hydrogen-bond acceptors (Lipinski definition) is 4. The van der Waals surface area contributed by atoms with E-state index in [1.807, 2.05) is 0 Å². The second-order valence-electron chi connectivity index (χ2n) is 3.29. The Morgan fingerprint density at radius 1 is 1.64 bits per heavy atom. The molecule has 1 heterocycles. The summed E-state index contributed by atoms with van der Waals surface area (Å²) in [6.07, 6.45) is 1.99. The molecule has 0 aromatic rings. The van der Waals surface area contributed by atoms with Crippen LogP contribution in [0.25, 0.3) is 0 Å². The molecule has 1 aliphatic rings. The minimum atomic E-state index is -0.281. The van der Waals surface area contributed by atoms with Crippen LogP contribution < -0.4 is 0 Å². The van der Waals surface area contributed by atoms with E-state index in [0.29, 0.717) is 13.0 Å². The van der Waals surface area contributed by atoms with Crippen LogP contribution in [0, 0.1) is 11.8 Å². The minimum absolute atomic E-state index is 0.116. The highest BCUT2D eigenvalue weighted by molar-refractivity contribution is 5.76. The van der Waals surface area contributed by atoms with Gasteiger partial charge >= 0.3 is 5.97 Å². The van der Waals surface area contributed by atoms with Gasteiger partial charge in [-0.2, -0.15) is 0 Å². The fourth-order valence-electron chi connectivity index (χ4n) is 1.62. The maximum Gasteiger partial charge on any atom is 0.313 e. The molecular formula is C10H16O4. The highest BCUT2D eigenvalue weighted by Gasteiger charge is 2.36. The number of carbonyl (C=O) groups excluding carboxylic acids is 1. The van der Waals surface area contributed by atoms with Crippen molar-refractivity contribution in [1.29, 1.82) is 0 Å². The van der Waals surface area contributed by atoms with Gasteiger partial charge in [0, 0.05) is 26.6 Å².